The van der Waals surface area contributed by atoms with Crippen molar-refractivity contribution >= 4 is 53.4 Å². The fourth-order valence-electron chi connectivity index (χ4n) is 3.95. The van der Waals surface area contributed by atoms with Gasteiger partial charge >= 0.3 is 17.9 Å². The van der Waals surface area contributed by atoms with Crippen LogP contribution in [0.25, 0.3) is 0 Å². The summed E-state index contributed by atoms with van der Waals surface area (Å²) in [4.78, 5) is 117. The van der Waals surface area contributed by atoms with Crippen molar-refractivity contribution in [3.8, 4) is 0 Å². The number of likely N-dealkylation sites (tertiary alicyclic amines) is 2. The van der Waals surface area contributed by atoms with Crippen molar-refractivity contribution in [1.82, 2.24) is 19.8 Å². The van der Waals surface area contributed by atoms with Crippen LogP contribution in [0.3, 0.4) is 0 Å². The smallest absolute Gasteiger partial charge is 0.396 e. The van der Waals surface area contributed by atoms with E-state index in [2.05, 4.69) is 0 Å². The van der Waals surface area contributed by atoms with Gasteiger partial charge in [-0.25, -0.2) is 19.5 Å². The van der Waals surface area contributed by atoms with E-state index < -0.39 is 97.9 Å². The van der Waals surface area contributed by atoms with Crippen LogP contribution >= 0.6 is 0 Å². The van der Waals surface area contributed by atoms with E-state index in [4.69, 9.17) is 4.84 Å². The van der Waals surface area contributed by atoms with Crippen molar-refractivity contribution < 1.29 is 58.2 Å². The maximum atomic E-state index is 13.6. The molecule has 0 aromatic carbocycles. The molecule has 3 saturated heterocycles. The maximum absolute atomic E-state index is 13.6. The number of hydrogen-bond acceptors (Lipinski definition) is 11. The highest BCUT2D eigenvalue weighted by Gasteiger charge is 2.66. The second-order valence-corrected chi connectivity index (χ2v) is 7.49. The first-order chi connectivity index (χ1) is 15.9. The molecule has 16 nitrogen and oxygen atoms in total. The Morgan fingerprint density at radius 2 is 1.00 bits per heavy atom. The molecule has 3 aliphatic heterocycles. The van der Waals surface area contributed by atoms with Crippen LogP contribution in [-0.4, -0.2) is 102 Å². The van der Waals surface area contributed by atoms with Crippen LogP contribution in [0.5, 0.6) is 0 Å². The van der Waals surface area contributed by atoms with E-state index in [0.29, 0.717) is 0 Å². The first kappa shape index (κ1) is 24.4. The molecular weight excluding hydrogens is 464 g/mol. The molecule has 0 saturated carbocycles. The van der Waals surface area contributed by atoms with Crippen LogP contribution in [-0.2, 0) is 48.0 Å². The van der Waals surface area contributed by atoms with Crippen LogP contribution in [0.2, 0.25) is 0 Å². The molecule has 0 aliphatic carbocycles. The Morgan fingerprint density at radius 1 is 0.676 bits per heavy atom. The summed E-state index contributed by atoms with van der Waals surface area (Å²) in [6.07, 6.45) is -2.79. The highest BCUT2D eigenvalue weighted by Crippen LogP contribution is 2.36. The Labute approximate surface area is 189 Å². The number of imide groups is 3. The molecule has 16 heteroatoms. The zero-order valence-corrected chi connectivity index (χ0v) is 17.4. The van der Waals surface area contributed by atoms with Gasteiger partial charge in [-0.3, -0.25) is 38.4 Å². The highest BCUT2D eigenvalue weighted by molar-refractivity contribution is 6.12. The molecule has 182 valence electrons. The van der Waals surface area contributed by atoms with Gasteiger partial charge in [0.25, 0.3) is 17.6 Å². The molecule has 0 aromatic heterocycles. The number of nitrogens with zero attached hydrogens (tertiary/aromatic N) is 4. The molecule has 3 aliphatic rings. The Bertz CT molecular complexity index is 936. The predicted octanol–water partition coefficient (Wildman–Crippen LogP) is -2.98. The van der Waals surface area contributed by atoms with E-state index in [9.17, 15) is 53.4 Å². The number of hydrogen-bond donors (Lipinski definition) is 2. The van der Waals surface area contributed by atoms with E-state index in [-0.39, 0.29) is 32.6 Å². The summed E-state index contributed by atoms with van der Waals surface area (Å²) in [6, 6.07) is 0. The Balaban J connectivity index is 2.29. The number of carboxylic acid groups (broad SMARTS) is 2. The van der Waals surface area contributed by atoms with Crippen molar-refractivity contribution in [3.63, 3.8) is 0 Å². The molecule has 2 N–H and O–H groups in total. The van der Waals surface area contributed by atoms with E-state index in [1.807, 2.05) is 0 Å². The molecule has 3 rings (SSSR count). The molecule has 0 unspecified atom stereocenters. The highest BCUT2D eigenvalue weighted by atomic mass is 16.7. The third-order valence-electron chi connectivity index (χ3n) is 5.27. The molecular formula is C18H18N4O12. The van der Waals surface area contributed by atoms with Crippen molar-refractivity contribution in [3.05, 3.63) is 0 Å². The SMILES string of the molecule is O=C(O)CN(CC(=O)O)C(C(=O)ON1C(=O)CCC1=O)(N1C(=O)CCC1=O)N1C(=O)CCC1=O. The average Bonchev–Trinajstić information content (AvgIpc) is 3.36. The fraction of sp³-hybridized carbons (Fsp3) is 0.500. The van der Waals surface area contributed by atoms with E-state index >= 15 is 0 Å². The van der Waals surface area contributed by atoms with Crippen LogP contribution in [0.15, 0.2) is 0 Å². The van der Waals surface area contributed by atoms with Crippen LogP contribution in [0.4, 0.5) is 0 Å². The van der Waals surface area contributed by atoms with Crippen molar-refractivity contribution in [1.29, 1.82) is 0 Å². The molecule has 6 amide bonds. The average molecular weight is 482 g/mol. The second kappa shape index (κ2) is 8.97. The number of rotatable bonds is 9. The topological polar surface area (TPSA) is 216 Å². The maximum Gasteiger partial charge on any atom is 0.396 e. The minimum absolute atomic E-state index is 0.00710. The molecule has 3 fully saturated rings. The van der Waals surface area contributed by atoms with E-state index in [0.717, 1.165) is 0 Å². The monoisotopic (exact) mass is 482 g/mol. The summed E-state index contributed by atoms with van der Waals surface area (Å²) in [5.74, 6) is -15.4. The summed E-state index contributed by atoms with van der Waals surface area (Å²) >= 11 is 0. The zero-order valence-electron chi connectivity index (χ0n) is 17.4. The minimum atomic E-state index is -3.35. The first-order valence-electron chi connectivity index (χ1n) is 9.89. The third-order valence-corrected chi connectivity index (χ3v) is 5.27. The van der Waals surface area contributed by atoms with Gasteiger partial charge in [0, 0.05) is 38.5 Å². The summed E-state index contributed by atoms with van der Waals surface area (Å²) < 4.78 is 0. The zero-order chi connectivity index (χ0) is 25.4. The second-order valence-electron chi connectivity index (χ2n) is 7.49. The lowest BCUT2D eigenvalue weighted by molar-refractivity contribution is -0.233. The van der Waals surface area contributed by atoms with Gasteiger partial charge < -0.3 is 15.1 Å². The van der Waals surface area contributed by atoms with E-state index in [1.54, 1.807) is 0 Å². The number of carboxylic acids is 2. The summed E-state index contributed by atoms with van der Waals surface area (Å²) in [7, 11) is 0. The summed E-state index contributed by atoms with van der Waals surface area (Å²) in [6.45, 7) is -2.73. The predicted molar refractivity (Wildman–Crippen MR) is 98.9 cm³/mol. The van der Waals surface area contributed by atoms with Gasteiger partial charge in [0.1, 0.15) is 13.1 Å². The lowest BCUT2D eigenvalue weighted by Crippen LogP contribution is -2.78. The number of hydroxylamine groups is 2. The third kappa shape index (κ3) is 3.98. The largest absolute Gasteiger partial charge is 0.480 e. The van der Waals surface area contributed by atoms with Gasteiger partial charge in [-0.2, -0.15) is 0 Å². The lowest BCUT2D eigenvalue weighted by Gasteiger charge is -2.48. The Hall–Kier alpha value is -4.21. The first-order valence-corrected chi connectivity index (χ1v) is 9.89. The van der Waals surface area contributed by atoms with Gasteiger partial charge in [0.05, 0.1) is 0 Å². The summed E-state index contributed by atoms with van der Waals surface area (Å²) in [5, 5.41) is 18.7. The molecule has 0 bridgehead atoms. The Kier molecular flexibility index (Phi) is 6.45. The van der Waals surface area contributed by atoms with Gasteiger partial charge in [0.2, 0.25) is 23.6 Å². The standard InChI is InChI=1S/C18H18N4O12/c23-9-1-2-10(24)20(9)18(21-11(25)3-4-12(21)26,19(7-15(29)30)8-16(31)32)17(33)34-22-13(27)5-6-14(22)28/h1-8H2,(H,29,30)(H,31,32). The van der Waals surface area contributed by atoms with Crippen molar-refractivity contribution in [2.24, 2.45) is 0 Å². The summed E-state index contributed by atoms with van der Waals surface area (Å²) in [5.41, 5.74) is 0. The van der Waals surface area contributed by atoms with E-state index in [1.165, 1.54) is 0 Å². The Morgan fingerprint density at radius 3 is 1.32 bits per heavy atom. The normalized spacial score (nSPS) is 19.1. The van der Waals surface area contributed by atoms with Crippen molar-refractivity contribution in [2.45, 2.75) is 44.3 Å². The number of amides is 6. The van der Waals surface area contributed by atoms with Gasteiger partial charge in [0.15, 0.2) is 0 Å². The number of aliphatic carboxylic acids is 2. The molecule has 0 radical (unpaired) electrons. The van der Waals surface area contributed by atoms with Crippen LogP contribution in [0, 0.1) is 0 Å². The van der Waals surface area contributed by atoms with Crippen LogP contribution in [0.1, 0.15) is 38.5 Å². The van der Waals surface area contributed by atoms with Gasteiger partial charge in [-0.05, 0) is 0 Å². The number of carbonyl (C=O) groups excluding carboxylic acids is 7. The molecule has 0 spiro atoms. The van der Waals surface area contributed by atoms with Gasteiger partial charge in [-0.15, -0.1) is 5.06 Å². The quantitative estimate of drug-likeness (QED) is 0.314. The minimum Gasteiger partial charge on any atom is -0.480 e. The van der Waals surface area contributed by atoms with Crippen molar-refractivity contribution in [2.75, 3.05) is 13.1 Å². The van der Waals surface area contributed by atoms with Crippen LogP contribution < -0.4 is 0 Å². The molecule has 0 atom stereocenters. The molecule has 3 heterocycles. The molecule has 34 heavy (non-hydrogen) atoms. The van der Waals surface area contributed by atoms with Gasteiger partial charge in [-0.1, -0.05) is 0 Å². The number of carbonyl (C=O) groups is 9. The lowest BCUT2D eigenvalue weighted by atomic mass is 10.1. The fourth-order valence-corrected chi connectivity index (χ4v) is 3.95. The molecule has 0 aromatic rings.